The van der Waals surface area contributed by atoms with Crippen molar-refractivity contribution in [3.63, 3.8) is 0 Å². The average molecular weight is 194 g/mol. The van der Waals surface area contributed by atoms with E-state index < -0.39 is 0 Å². The minimum absolute atomic E-state index is 0.0102. The van der Waals surface area contributed by atoms with Crippen molar-refractivity contribution in [1.29, 1.82) is 0 Å². The molecule has 1 aliphatic heterocycles. The highest BCUT2D eigenvalue weighted by Gasteiger charge is 2.25. The van der Waals surface area contributed by atoms with Gasteiger partial charge in [0.15, 0.2) is 5.76 Å². The Balaban J connectivity index is 2.10. The summed E-state index contributed by atoms with van der Waals surface area (Å²) in [5, 5.41) is 3.24. The van der Waals surface area contributed by atoms with Crippen molar-refractivity contribution in [2.75, 3.05) is 19.6 Å². The topological polar surface area (TPSA) is 45.5 Å². The van der Waals surface area contributed by atoms with Gasteiger partial charge in [0, 0.05) is 25.7 Å². The van der Waals surface area contributed by atoms with E-state index in [4.69, 9.17) is 4.42 Å². The first-order chi connectivity index (χ1) is 6.79. The molecule has 0 aromatic carbocycles. The van der Waals surface area contributed by atoms with Gasteiger partial charge in [0.25, 0.3) is 5.91 Å². The predicted molar refractivity (Wildman–Crippen MR) is 52.1 cm³/mol. The molecule has 1 N–H and O–H groups in total. The maximum Gasteiger partial charge on any atom is 0.289 e. The lowest BCUT2D eigenvalue weighted by atomic mass is 10.2. The molecule has 1 aromatic rings. The maximum atomic E-state index is 11.9. The highest BCUT2D eigenvalue weighted by molar-refractivity contribution is 5.91. The van der Waals surface area contributed by atoms with Gasteiger partial charge in [-0.05, 0) is 19.1 Å². The Bertz CT molecular complexity index is 308. The fourth-order valence-electron chi connectivity index (χ4n) is 1.68. The van der Waals surface area contributed by atoms with Crippen LogP contribution in [0.2, 0.25) is 0 Å². The van der Waals surface area contributed by atoms with E-state index in [1.807, 2.05) is 11.8 Å². The SMILES string of the molecule is C[C@@H]1CNCCN1C(=O)c1ccco1. The van der Waals surface area contributed by atoms with Crippen LogP contribution in [-0.4, -0.2) is 36.5 Å². The smallest absolute Gasteiger partial charge is 0.289 e. The van der Waals surface area contributed by atoms with E-state index in [-0.39, 0.29) is 11.9 Å². The molecule has 4 heteroatoms. The van der Waals surface area contributed by atoms with Crippen molar-refractivity contribution in [3.8, 4) is 0 Å². The number of hydrogen-bond donors (Lipinski definition) is 1. The Morgan fingerprint density at radius 2 is 2.57 bits per heavy atom. The van der Waals surface area contributed by atoms with E-state index in [1.54, 1.807) is 12.1 Å². The molecule has 1 fully saturated rings. The fraction of sp³-hybridized carbons (Fsp3) is 0.500. The minimum atomic E-state index is -0.0102. The highest BCUT2D eigenvalue weighted by Crippen LogP contribution is 2.10. The lowest BCUT2D eigenvalue weighted by molar-refractivity contribution is 0.0623. The molecule has 0 radical (unpaired) electrons. The Kier molecular flexibility index (Phi) is 2.54. The first kappa shape index (κ1) is 9.27. The van der Waals surface area contributed by atoms with Gasteiger partial charge in [0.2, 0.25) is 0 Å². The molecule has 1 aromatic heterocycles. The molecule has 2 rings (SSSR count). The van der Waals surface area contributed by atoms with Crippen molar-refractivity contribution < 1.29 is 9.21 Å². The number of piperazine rings is 1. The van der Waals surface area contributed by atoms with Gasteiger partial charge in [0.05, 0.1) is 6.26 Å². The van der Waals surface area contributed by atoms with Crippen molar-refractivity contribution in [3.05, 3.63) is 24.2 Å². The van der Waals surface area contributed by atoms with E-state index in [1.165, 1.54) is 6.26 Å². The number of rotatable bonds is 1. The number of carbonyl (C=O) groups excluding carboxylic acids is 1. The van der Waals surface area contributed by atoms with Gasteiger partial charge in [-0.1, -0.05) is 0 Å². The number of amides is 1. The van der Waals surface area contributed by atoms with Crippen LogP contribution >= 0.6 is 0 Å². The fourth-order valence-corrected chi connectivity index (χ4v) is 1.68. The van der Waals surface area contributed by atoms with Crippen LogP contribution < -0.4 is 5.32 Å². The molecule has 1 saturated heterocycles. The van der Waals surface area contributed by atoms with E-state index in [9.17, 15) is 4.79 Å². The molecule has 0 spiro atoms. The molecule has 0 saturated carbocycles. The highest BCUT2D eigenvalue weighted by atomic mass is 16.3. The van der Waals surface area contributed by atoms with Crippen molar-refractivity contribution in [2.24, 2.45) is 0 Å². The summed E-state index contributed by atoms with van der Waals surface area (Å²) >= 11 is 0. The van der Waals surface area contributed by atoms with Crippen LogP contribution in [0.15, 0.2) is 22.8 Å². The van der Waals surface area contributed by atoms with E-state index >= 15 is 0 Å². The predicted octanol–water partition coefficient (Wildman–Crippen LogP) is 0.713. The average Bonchev–Trinajstić information content (AvgIpc) is 2.70. The largest absolute Gasteiger partial charge is 0.459 e. The number of nitrogens with zero attached hydrogens (tertiary/aromatic N) is 1. The number of nitrogens with one attached hydrogen (secondary N) is 1. The molecule has 0 bridgehead atoms. The van der Waals surface area contributed by atoms with Crippen LogP contribution in [0.25, 0.3) is 0 Å². The zero-order valence-electron chi connectivity index (χ0n) is 8.19. The summed E-state index contributed by atoms with van der Waals surface area (Å²) in [4.78, 5) is 13.7. The second-order valence-electron chi connectivity index (χ2n) is 3.53. The standard InChI is InChI=1S/C10H14N2O2/c1-8-7-11-4-5-12(8)10(13)9-3-2-6-14-9/h2-3,6,8,11H,4-5,7H2,1H3/t8-/m1/s1. The molecule has 0 unspecified atom stereocenters. The lowest BCUT2D eigenvalue weighted by Gasteiger charge is -2.33. The third-order valence-corrected chi connectivity index (χ3v) is 2.49. The molecule has 2 heterocycles. The van der Waals surface area contributed by atoms with Crippen LogP contribution in [-0.2, 0) is 0 Å². The van der Waals surface area contributed by atoms with E-state index in [0.29, 0.717) is 5.76 Å². The summed E-state index contributed by atoms with van der Waals surface area (Å²) in [5.41, 5.74) is 0. The summed E-state index contributed by atoms with van der Waals surface area (Å²) < 4.78 is 5.09. The van der Waals surface area contributed by atoms with Gasteiger partial charge in [-0.15, -0.1) is 0 Å². The summed E-state index contributed by atoms with van der Waals surface area (Å²) in [6.45, 7) is 4.50. The minimum Gasteiger partial charge on any atom is -0.459 e. The summed E-state index contributed by atoms with van der Waals surface area (Å²) in [7, 11) is 0. The molecular weight excluding hydrogens is 180 g/mol. The Morgan fingerprint density at radius 1 is 1.71 bits per heavy atom. The molecule has 0 aliphatic carbocycles. The van der Waals surface area contributed by atoms with Crippen LogP contribution in [0, 0.1) is 0 Å². The van der Waals surface area contributed by atoms with Gasteiger partial charge in [-0.2, -0.15) is 0 Å². The zero-order valence-corrected chi connectivity index (χ0v) is 8.19. The van der Waals surface area contributed by atoms with E-state index in [2.05, 4.69) is 5.32 Å². The Morgan fingerprint density at radius 3 is 3.21 bits per heavy atom. The van der Waals surface area contributed by atoms with Crippen LogP contribution in [0.5, 0.6) is 0 Å². The summed E-state index contributed by atoms with van der Waals surface area (Å²) in [5.74, 6) is 0.419. The van der Waals surface area contributed by atoms with E-state index in [0.717, 1.165) is 19.6 Å². The van der Waals surface area contributed by atoms with Crippen LogP contribution in [0.4, 0.5) is 0 Å². The second kappa shape index (κ2) is 3.84. The molecule has 1 amide bonds. The first-order valence-electron chi connectivity index (χ1n) is 4.84. The first-order valence-corrected chi connectivity index (χ1v) is 4.84. The second-order valence-corrected chi connectivity index (χ2v) is 3.53. The molecule has 76 valence electrons. The van der Waals surface area contributed by atoms with Gasteiger partial charge in [-0.3, -0.25) is 4.79 Å². The van der Waals surface area contributed by atoms with Gasteiger partial charge in [-0.25, -0.2) is 0 Å². The number of carbonyl (C=O) groups is 1. The summed E-state index contributed by atoms with van der Waals surface area (Å²) in [6.07, 6.45) is 1.53. The monoisotopic (exact) mass is 194 g/mol. The van der Waals surface area contributed by atoms with Gasteiger partial charge >= 0.3 is 0 Å². The molecule has 1 aliphatic rings. The molecular formula is C10H14N2O2. The maximum absolute atomic E-state index is 11.9. The normalized spacial score (nSPS) is 22.4. The number of hydrogen-bond acceptors (Lipinski definition) is 3. The van der Waals surface area contributed by atoms with Gasteiger partial charge < -0.3 is 14.6 Å². The van der Waals surface area contributed by atoms with Crippen molar-refractivity contribution in [2.45, 2.75) is 13.0 Å². The third kappa shape index (κ3) is 1.65. The molecule has 4 nitrogen and oxygen atoms in total. The summed E-state index contributed by atoms with van der Waals surface area (Å²) in [6, 6.07) is 3.68. The van der Waals surface area contributed by atoms with Crippen LogP contribution in [0.3, 0.4) is 0 Å². The van der Waals surface area contributed by atoms with Gasteiger partial charge in [0.1, 0.15) is 0 Å². The Hall–Kier alpha value is -1.29. The molecule has 1 atom stereocenters. The third-order valence-electron chi connectivity index (χ3n) is 2.49. The lowest BCUT2D eigenvalue weighted by Crippen LogP contribution is -2.52. The van der Waals surface area contributed by atoms with Crippen molar-refractivity contribution in [1.82, 2.24) is 10.2 Å². The zero-order chi connectivity index (χ0) is 9.97. The van der Waals surface area contributed by atoms with Crippen molar-refractivity contribution >= 4 is 5.91 Å². The Labute approximate surface area is 82.9 Å². The van der Waals surface area contributed by atoms with Crippen LogP contribution in [0.1, 0.15) is 17.5 Å². The number of furan rings is 1. The molecule has 14 heavy (non-hydrogen) atoms. The quantitative estimate of drug-likeness (QED) is 0.716.